The zero-order valence-electron chi connectivity index (χ0n) is 23.4. The lowest BCUT2D eigenvalue weighted by atomic mass is 10.2. The molecule has 226 valence electrons. The number of hydrogen-bond acceptors (Lipinski definition) is 9. The van der Waals surface area contributed by atoms with Crippen molar-refractivity contribution in [1.82, 2.24) is 19.1 Å². The SMILES string of the molecule is CCOC(=O)N1CCN(S(=O)(=O)c2ccc(C(=O)N(CCCN3CCOCC3)c3nc4ccc(Cl)cc4s3)cc2)CC1. The molecule has 0 atom stereocenters. The third-order valence-corrected chi connectivity index (χ3v) is 10.5. The van der Waals surface area contributed by atoms with E-state index in [0.717, 1.165) is 36.3 Å². The summed E-state index contributed by atoms with van der Waals surface area (Å²) in [6.45, 7) is 7.24. The highest BCUT2D eigenvalue weighted by Gasteiger charge is 2.31. The lowest BCUT2D eigenvalue weighted by molar-refractivity contribution is 0.0376. The number of rotatable bonds is 9. The molecule has 0 bridgehead atoms. The number of benzene rings is 2. The minimum absolute atomic E-state index is 0.0946. The second kappa shape index (κ2) is 13.7. The summed E-state index contributed by atoms with van der Waals surface area (Å²) >= 11 is 7.58. The van der Waals surface area contributed by atoms with E-state index in [2.05, 4.69) is 4.90 Å². The van der Waals surface area contributed by atoms with Gasteiger partial charge in [0, 0.05) is 62.9 Å². The summed E-state index contributed by atoms with van der Waals surface area (Å²) in [5.74, 6) is -0.255. The first-order valence-corrected chi connectivity index (χ1v) is 16.6. The number of morpholine rings is 1. The van der Waals surface area contributed by atoms with Gasteiger partial charge in [-0.2, -0.15) is 4.31 Å². The minimum Gasteiger partial charge on any atom is -0.450 e. The van der Waals surface area contributed by atoms with Crippen molar-refractivity contribution >= 4 is 60.3 Å². The number of nitrogens with zero attached hydrogens (tertiary/aromatic N) is 5. The highest BCUT2D eigenvalue weighted by Crippen LogP contribution is 2.32. The Bertz CT molecular complexity index is 1500. The van der Waals surface area contributed by atoms with E-state index in [1.165, 1.54) is 32.7 Å². The van der Waals surface area contributed by atoms with Crippen molar-refractivity contribution in [1.29, 1.82) is 0 Å². The average Bonchev–Trinajstić information content (AvgIpc) is 3.42. The number of amides is 2. The van der Waals surface area contributed by atoms with Crippen molar-refractivity contribution in [3.05, 3.63) is 53.1 Å². The molecule has 0 unspecified atom stereocenters. The third-order valence-electron chi connectivity index (χ3n) is 7.28. The van der Waals surface area contributed by atoms with Gasteiger partial charge in [-0.1, -0.05) is 22.9 Å². The minimum atomic E-state index is -3.80. The Labute approximate surface area is 254 Å². The van der Waals surface area contributed by atoms with Crippen LogP contribution in [0.2, 0.25) is 5.02 Å². The number of anilines is 1. The molecule has 0 saturated carbocycles. The Balaban J connectivity index is 1.31. The second-order valence-electron chi connectivity index (χ2n) is 9.99. The maximum atomic E-state index is 13.8. The molecule has 0 spiro atoms. The molecule has 2 aliphatic rings. The van der Waals surface area contributed by atoms with Gasteiger partial charge in [0.15, 0.2) is 5.13 Å². The van der Waals surface area contributed by atoms with E-state index in [1.807, 2.05) is 12.1 Å². The Hall–Kier alpha value is -2.81. The number of carbonyl (C=O) groups excluding carboxylic acids is 2. The number of fused-ring (bicyclic) bond motifs is 1. The molecule has 42 heavy (non-hydrogen) atoms. The van der Waals surface area contributed by atoms with Gasteiger partial charge >= 0.3 is 6.09 Å². The number of ether oxygens (including phenoxy) is 2. The molecular weight excluding hydrogens is 602 g/mol. The van der Waals surface area contributed by atoms with Crippen molar-refractivity contribution in [2.45, 2.75) is 18.2 Å². The van der Waals surface area contributed by atoms with Gasteiger partial charge in [-0.25, -0.2) is 18.2 Å². The molecule has 3 aromatic rings. The summed E-state index contributed by atoms with van der Waals surface area (Å²) in [7, 11) is -3.80. The molecule has 14 heteroatoms. The summed E-state index contributed by atoms with van der Waals surface area (Å²) in [6, 6.07) is 11.5. The van der Waals surface area contributed by atoms with E-state index in [-0.39, 0.29) is 43.6 Å². The van der Waals surface area contributed by atoms with Crippen molar-refractivity contribution in [3.63, 3.8) is 0 Å². The number of aromatic nitrogens is 1. The van der Waals surface area contributed by atoms with E-state index < -0.39 is 16.1 Å². The molecule has 2 fully saturated rings. The largest absolute Gasteiger partial charge is 0.450 e. The van der Waals surface area contributed by atoms with Crippen molar-refractivity contribution in [3.8, 4) is 0 Å². The fourth-order valence-electron chi connectivity index (χ4n) is 4.96. The van der Waals surface area contributed by atoms with E-state index in [1.54, 1.807) is 30.0 Å². The van der Waals surface area contributed by atoms with Gasteiger partial charge in [0.05, 0.1) is 34.9 Å². The molecule has 0 radical (unpaired) electrons. The van der Waals surface area contributed by atoms with Crippen molar-refractivity contribution in [2.24, 2.45) is 0 Å². The predicted molar refractivity (Wildman–Crippen MR) is 162 cm³/mol. The molecule has 0 aliphatic carbocycles. The smallest absolute Gasteiger partial charge is 0.409 e. The molecule has 2 saturated heterocycles. The molecular formula is C28H34ClN5O6S2. The molecule has 2 aliphatic heterocycles. The van der Waals surface area contributed by atoms with Crippen LogP contribution in [0.5, 0.6) is 0 Å². The zero-order valence-corrected chi connectivity index (χ0v) is 25.8. The fraction of sp³-hybridized carbons (Fsp3) is 0.464. The highest BCUT2D eigenvalue weighted by atomic mass is 35.5. The Morgan fingerprint density at radius 3 is 2.45 bits per heavy atom. The Morgan fingerprint density at radius 2 is 1.76 bits per heavy atom. The first kappa shape index (κ1) is 30.6. The summed E-state index contributed by atoms with van der Waals surface area (Å²) in [6.07, 6.45) is 0.301. The van der Waals surface area contributed by atoms with Gasteiger partial charge < -0.3 is 14.4 Å². The first-order chi connectivity index (χ1) is 20.3. The molecule has 5 rings (SSSR count). The van der Waals surface area contributed by atoms with Crippen molar-refractivity contribution < 1.29 is 27.5 Å². The van der Waals surface area contributed by atoms with Crippen LogP contribution in [-0.4, -0.2) is 112 Å². The molecule has 2 amide bonds. The van der Waals surface area contributed by atoms with Gasteiger partial charge in [0.1, 0.15) is 0 Å². The number of thiazole rings is 1. The number of carbonyl (C=O) groups is 2. The van der Waals surface area contributed by atoms with E-state index in [4.69, 9.17) is 26.1 Å². The predicted octanol–water partition coefficient (Wildman–Crippen LogP) is 3.78. The topological polar surface area (TPSA) is 113 Å². The third kappa shape index (κ3) is 7.04. The van der Waals surface area contributed by atoms with Crippen LogP contribution in [0.1, 0.15) is 23.7 Å². The second-order valence-corrected chi connectivity index (χ2v) is 13.4. The fourth-order valence-corrected chi connectivity index (χ4v) is 7.65. The summed E-state index contributed by atoms with van der Waals surface area (Å²) < 4.78 is 39.3. The number of halogens is 1. The first-order valence-electron chi connectivity index (χ1n) is 14.0. The lowest BCUT2D eigenvalue weighted by Gasteiger charge is -2.33. The van der Waals surface area contributed by atoms with Crippen LogP contribution >= 0.6 is 22.9 Å². The Kier molecular flexibility index (Phi) is 9.96. The maximum absolute atomic E-state index is 13.8. The van der Waals surface area contributed by atoms with Crippen LogP contribution in [-0.2, 0) is 19.5 Å². The van der Waals surface area contributed by atoms with Gasteiger partial charge in [-0.15, -0.1) is 0 Å². The van der Waals surface area contributed by atoms with Crippen molar-refractivity contribution in [2.75, 3.05) is 77.1 Å². The monoisotopic (exact) mass is 635 g/mol. The van der Waals surface area contributed by atoms with E-state index >= 15 is 0 Å². The lowest BCUT2D eigenvalue weighted by Crippen LogP contribution is -2.50. The van der Waals surface area contributed by atoms with Crippen LogP contribution in [0.25, 0.3) is 10.2 Å². The highest BCUT2D eigenvalue weighted by molar-refractivity contribution is 7.89. The van der Waals surface area contributed by atoms with Gasteiger partial charge in [-0.05, 0) is 55.8 Å². The molecule has 2 aromatic carbocycles. The number of piperazine rings is 1. The standard InChI is InChI=1S/C28H34ClN5O6S2/c1-2-40-28(36)32-12-14-33(15-13-32)42(37,38)23-7-4-21(5-8-23)26(35)34(11-3-10-31-16-18-39-19-17-31)27-30-24-9-6-22(29)20-25(24)41-27/h4-9,20H,2-3,10-19H2,1H3. The molecule has 3 heterocycles. The number of sulfonamides is 1. The van der Waals surface area contributed by atoms with Gasteiger partial charge in [0.2, 0.25) is 10.0 Å². The van der Waals surface area contributed by atoms with Crippen LogP contribution in [0, 0.1) is 0 Å². The Morgan fingerprint density at radius 1 is 1.05 bits per heavy atom. The van der Waals surface area contributed by atoms with Gasteiger partial charge in [0.25, 0.3) is 5.91 Å². The van der Waals surface area contributed by atoms with Gasteiger partial charge in [-0.3, -0.25) is 14.6 Å². The molecule has 1 aromatic heterocycles. The van der Waals surface area contributed by atoms with Crippen LogP contribution in [0.3, 0.4) is 0 Å². The average molecular weight is 636 g/mol. The van der Waals surface area contributed by atoms with E-state index in [0.29, 0.717) is 35.5 Å². The maximum Gasteiger partial charge on any atom is 0.409 e. The zero-order chi connectivity index (χ0) is 29.7. The van der Waals surface area contributed by atoms with Crippen LogP contribution in [0.4, 0.5) is 9.93 Å². The van der Waals surface area contributed by atoms with Crippen LogP contribution in [0.15, 0.2) is 47.4 Å². The normalized spacial score (nSPS) is 17.0. The van der Waals surface area contributed by atoms with E-state index in [9.17, 15) is 18.0 Å². The summed E-state index contributed by atoms with van der Waals surface area (Å²) in [4.78, 5) is 36.1. The molecule has 0 N–H and O–H groups in total. The summed E-state index contributed by atoms with van der Waals surface area (Å²) in [5.41, 5.74) is 1.12. The molecule has 11 nitrogen and oxygen atoms in total. The summed E-state index contributed by atoms with van der Waals surface area (Å²) in [5, 5.41) is 1.16. The van der Waals surface area contributed by atoms with Crippen LogP contribution < -0.4 is 4.90 Å². The quantitative estimate of drug-likeness (QED) is 0.349. The number of hydrogen-bond donors (Lipinski definition) is 0.